The van der Waals surface area contributed by atoms with Gasteiger partial charge < -0.3 is 0 Å². The molecule has 0 spiro atoms. The smallest absolute Gasteiger partial charge is 0.113 e. The summed E-state index contributed by atoms with van der Waals surface area (Å²) in [7, 11) is 0. The Morgan fingerprint density at radius 3 is 2.45 bits per heavy atom. The van der Waals surface area contributed by atoms with E-state index < -0.39 is 0 Å². The van der Waals surface area contributed by atoms with Gasteiger partial charge in [0.15, 0.2) is 0 Å². The van der Waals surface area contributed by atoms with E-state index >= 15 is 0 Å². The number of rotatable bonds is 4. The van der Waals surface area contributed by atoms with Gasteiger partial charge in [0.25, 0.3) is 0 Å². The minimum atomic E-state index is 0.792. The van der Waals surface area contributed by atoms with Crippen LogP contribution in [0.15, 0.2) is 47.1 Å². The van der Waals surface area contributed by atoms with Gasteiger partial charge in [0.05, 0.1) is 0 Å². The first-order valence-corrected chi connectivity index (χ1v) is 7.80. The van der Waals surface area contributed by atoms with Gasteiger partial charge in [-0.05, 0) is 64.5 Å². The van der Waals surface area contributed by atoms with E-state index in [-0.39, 0.29) is 0 Å². The number of nitrogens with zero attached hydrogens (tertiary/aromatic N) is 1. The largest absolute Gasteiger partial charge is 0.247 e. The van der Waals surface area contributed by atoms with Crippen LogP contribution in [0.2, 0.25) is 0 Å². The summed E-state index contributed by atoms with van der Waals surface area (Å²) in [6, 6.07) is 12.4. The molecule has 0 saturated heterocycles. The molecule has 1 aromatic heterocycles. The second-order valence-corrected chi connectivity index (χ2v) is 5.68. The summed E-state index contributed by atoms with van der Waals surface area (Å²) in [5.41, 5.74) is 3.22. The first kappa shape index (κ1) is 14.8. The Balaban J connectivity index is 1.98. The average molecular weight is 328 g/mol. The third kappa shape index (κ3) is 4.83. The molecule has 0 aliphatic carbocycles. The molecule has 0 aliphatic rings. The molecule has 0 unspecified atom stereocenters. The Morgan fingerprint density at radius 2 is 1.80 bits per heavy atom. The minimum absolute atomic E-state index is 0.792. The van der Waals surface area contributed by atoms with Crippen LogP contribution in [0.4, 0.5) is 0 Å². The molecule has 1 heterocycles. The van der Waals surface area contributed by atoms with Crippen LogP contribution in [0.5, 0.6) is 0 Å². The number of halogens is 1. The van der Waals surface area contributed by atoms with Gasteiger partial charge in [-0.1, -0.05) is 37.8 Å². The lowest BCUT2D eigenvalue weighted by molar-refractivity contribution is 0.717. The molecule has 0 fully saturated rings. The molecule has 1 aromatic carbocycles. The lowest BCUT2D eigenvalue weighted by atomic mass is 10.1. The SMILES string of the molecule is CCCCCc1ccc(C#Cc2ccc(Br)cn2)cc1. The van der Waals surface area contributed by atoms with Crippen molar-refractivity contribution in [3.8, 4) is 11.8 Å². The maximum atomic E-state index is 4.24. The molecule has 0 saturated carbocycles. The Morgan fingerprint density at radius 1 is 1.00 bits per heavy atom. The third-order valence-corrected chi connectivity index (χ3v) is 3.55. The Hall–Kier alpha value is -1.59. The van der Waals surface area contributed by atoms with Crippen molar-refractivity contribution in [3.05, 3.63) is 63.9 Å². The van der Waals surface area contributed by atoms with E-state index in [9.17, 15) is 0 Å². The van der Waals surface area contributed by atoms with Crippen LogP contribution in [0.3, 0.4) is 0 Å². The number of hydrogen-bond acceptors (Lipinski definition) is 1. The third-order valence-electron chi connectivity index (χ3n) is 3.09. The average Bonchev–Trinajstić information content (AvgIpc) is 2.48. The minimum Gasteiger partial charge on any atom is -0.247 e. The molecule has 0 atom stereocenters. The van der Waals surface area contributed by atoms with Crippen LogP contribution < -0.4 is 0 Å². The van der Waals surface area contributed by atoms with Gasteiger partial charge in [-0.2, -0.15) is 0 Å². The molecule has 2 aromatic rings. The summed E-state index contributed by atoms with van der Waals surface area (Å²) in [6.45, 7) is 2.23. The molecular weight excluding hydrogens is 310 g/mol. The zero-order valence-electron chi connectivity index (χ0n) is 11.7. The van der Waals surface area contributed by atoms with Crippen LogP contribution >= 0.6 is 15.9 Å². The van der Waals surface area contributed by atoms with Crippen LogP contribution in [0, 0.1) is 11.8 Å². The number of aromatic nitrogens is 1. The first-order chi connectivity index (χ1) is 9.78. The molecule has 0 N–H and O–H groups in total. The summed E-state index contributed by atoms with van der Waals surface area (Å²) in [5.74, 6) is 6.23. The summed E-state index contributed by atoms with van der Waals surface area (Å²) in [6.07, 6.45) is 6.77. The lowest BCUT2D eigenvalue weighted by Crippen LogP contribution is -1.86. The van der Waals surface area contributed by atoms with Crippen molar-refractivity contribution < 1.29 is 0 Å². The first-order valence-electron chi connectivity index (χ1n) is 7.00. The number of aryl methyl sites for hydroxylation is 1. The van der Waals surface area contributed by atoms with Crippen molar-refractivity contribution in [2.75, 3.05) is 0 Å². The van der Waals surface area contributed by atoms with Crippen LogP contribution in [0.25, 0.3) is 0 Å². The fourth-order valence-electron chi connectivity index (χ4n) is 1.92. The number of pyridine rings is 1. The second kappa shape index (κ2) is 7.87. The maximum Gasteiger partial charge on any atom is 0.113 e. The summed E-state index contributed by atoms with van der Waals surface area (Å²) >= 11 is 3.36. The molecule has 2 rings (SSSR count). The predicted molar refractivity (Wildman–Crippen MR) is 87.6 cm³/mol. The zero-order chi connectivity index (χ0) is 14.2. The van der Waals surface area contributed by atoms with Crippen molar-refractivity contribution >= 4 is 15.9 Å². The number of unbranched alkanes of at least 4 members (excludes halogenated alkanes) is 2. The quantitative estimate of drug-likeness (QED) is 0.570. The normalized spacial score (nSPS) is 9.90. The van der Waals surface area contributed by atoms with Crippen molar-refractivity contribution in [2.45, 2.75) is 32.6 Å². The van der Waals surface area contributed by atoms with E-state index in [1.165, 1.54) is 24.8 Å². The van der Waals surface area contributed by atoms with Crippen LogP contribution in [-0.4, -0.2) is 4.98 Å². The second-order valence-electron chi connectivity index (χ2n) is 4.77. The molecule has 0 radical (unpaired) electrons. The molecule has 1 nitrogen and oxygen atoms in total. The van der Waals surface area contributed by atoms with Gasteiger partial charge in [0.1, 0.15) is 5.69 Å². The maximum absolute atomic E-state index is 4.24. The summed E-state index contributed by atoms with van der Waals surface area (Å²) < 4.78 is 0.972. The van der Waals surface area contributed by atoms with Crippen LogP contribution in [0.1, 0.15) is 43.0 Å². The molecule has 0 aliphatic heterocycles. The highest BCUT2D eigenvalue weighted by molar-refractivity contribution is 9.10. The summed E-state index contributed by atoms with van der Waals surface area (Å²) in [4.78, 5) is 4.24. The standard InChI is InChI=1S/C18H18BrN/c1-2-3-4-5-15-6-8-16(9-7-15)10-12-18-13-11-17(19)14-20-18/h6-9,11,13-14H,2-5H2,1H3. The van der Waals surface area contributed by atoms with E-state index in [4.69, 9.17) is 0 Å². The lowest BCUT2D eigenvalue weighted by Gasteiger charge is -2.00. The van der Waals surface area contributed by atoms with Crippen molar-refractivity contribution in [1.82, 2.24) is 4.98 Å². The van der Waals surface area contributed by atoms with Gasteiger partial charge in [-0.15, -0.1) is 0 Å². The Bertz CT molecular complexity index is 588. The van der Waals surface area contributed by atoms with Crippen molar-refractivity contribution in [2.24, 2.45) is 0 Å². The molecule has 20 heavy (non-hydrogen) atoms. The van der Waals surface area contributed by atoms with E-state index in [0.29, 0.717) is 0 Å². The van der Waals surface area contributed by atoms with E-state index in [0.717, 1.165) is 22.2 Å². The van der Waals surface area contributed by atoms with Gasteiger partial charge in [-0.25, -0.2) is 4.98 Å². The van der Waals surface area contributed by atoms with Gasteiger partial charge in [-0.3, -0.25) is 0 Å². The predicted octanol–water partition coefficient (Wildman–Crippen LogP) is 4.98. The van der Waals surface area contributed by atoms with Crippen LogP contribution in [-0.2, 0) is 6.42 Å². The fraction of sp³-hybridized carbons (Fsp3) is 0.278. The molecule has 2 heteroatoms. The van der Waals surface area contributed by atoms with E-state index in [1.807, 2.05) is 12.1 Å². The molecular formula is C18H18BrN. The van der Waals surface area contributed by atoms with Gasteiger partial charge >= 0.3 is 0 Å². The molecule has 0 amide bonds. The Kier molecular flexibility index (Phi) is 5.83. The van der Waals surface area contributed by atoms with E-state index in [1.54, 1.807) is 6.20 Å². The monoisotopic (exact) mass is 327 g/mol. The highest BCUT2D eigenvalue weighted by Gasteiger charge is 1.94. The van der Waals surface area contributed by atoms with Crippen molar-refractivity contribution in [1.29, 1.82) is 0 Å². The highest BCUT2D eigenvalue weighted by atomic mass is 79.9. The van der Waals surface area contributed by atoms with Gasteiger partial charge in [0, 0.05) is 16.2 Å². The fourth-order valence-corrected chi connectivity index (χ4v) is 2.15. The van der Waals surface area contributed by atoms with Gasteiger partial charge in [0.2, 0.25) is 0 Å². The topological polar surface area (TPSA) is 12.9 Å². The number of benzene rings is 1. The highest BCUT2D eigenvalue weighted by Crippen LogP contribution is 2.09. The summed E-state index contributed by atoms with van der Waals surface area (Å²) in [5, 5.41) is 0. The number of hydrogen-bond donors (Lipinski definition) is 0. The zero-order valence-corrected chi connectivity index (χ0v) is 13.3. The molecule has 102 valence electrons. The van der Waals surface area contributed by atoms with E-state index in [2.05, 4.69) is 63.9 Å². The molecule has 0 bridgehead atoms. The van der Waals surface area contributed by atoms with Crippen molar-refractivity contribution in [3.63, 3.8) is 0 Å². The Labute approximate surface area is 129 Å².